The van der Waals surface area contributed by atoms with Crippen LogP contribution in [0.4, 0.5) is 24.5 Å². The third-order valence-electron chi connectivity index (χ3n) is 4.02. The standard InChI is InChI=1S/C21H16ClF3N2O4/c1-2-3-13(10-18(28)29)12-4-7-15(8-5-12)26-19(30)20(31)27-17-11-14(21(23,24)25)6-9-16(17)22/h4-9,11,13H,10H2,1H3,(H,26,30)(H,27,31)(H,28,29)/t13-/m1/s1. The minimum Gasteiger partial charge on any atom is -0.481 e. The Hall–Kier alpha value is -3.51. The van der Waals surface area contributed by atoms with Gasteiger partial charge in [-0.1, -0.05) is 29.7 Å². The number of rotatable bonds is 5. The van der Waals surface area contributed by atoms with Crippen molar-refractivity contribution in [2.24, 2.45) is 0 Å². The lowest BCUT2D eigenvalue weighted by molar-refractivity contribution is -0.138. The van der Waals surface area contributed by atoms with E-state index in [9.17, 15) is 27.6 Å². The third-order valence-corrected chi connectivity index (χ3v) is 4.35. The van der Waals surface area contributed by atoms with Gasteiger partial charge in [-0.25, -0.2) is 0 Å². The van der Waals surface area contributed by atoms with Gasteiger partial charge in [0.05, 0.1) is 28.6 Å². The number of nitrogens with one attached hydrogen (secondary N) is 2. The van der Waals surface area contributed by atoms with Crippen molar-refractivity contribution in [1.29, 1.82) is 0 Å². The number of aliphatic carboxylic acids is 1. The van der Waals surface area contributed by atoms with Crippen molar-refractivity contribution < 1.29 is 32.7 Å². The fourth-order valence-corrected chi connectivity index (χ4v) is 2.73. The molecular formula is C21H16ClF3N2O4. The molecule has 1 atom stereocenters. The summed E-state index contributed by atoms with van der Waals surface area (Å²) in [6, 6.07) is 8.33. The first-order chi connectivity index (χ1) is 14.5. The summed E-state index contributed by atoms with van der Waals surface area (Å²) < 4.78 is 38.4. The molecule has 0 aliphatic carbocycles. The van der Waals surface area contributed by atoms with Gasteiger partial charge >= 0.3 is 24.0 Å². The van der Waals surface area contributed by atoms with Crippen molar-refractivity contribution in [3.05, 3.63) is 58.6 Å². The van der Waals surface area contributed by atoms with E-state index < -0.39 is 35.4 Å². The molecule has 0 aliphatic heterocycles. The van der Waals surface area contributed by atoms with E-state index in [0.29, 0.717) is 11.6 Å². The molecule has 2 amide bonds. The summed E-state index contributed by atoms with van der Waals surface area (Å²) in [5, 5.41) is 13.1. The number of alkyl halides is 3. The zero-order valence-electron chi connectivity index (χ0n) is 16.0. The molecular weight excluding hydrogens is 437 g/mol. The zero-order valence-corrected chi connectivity index (χ0v) is 16.8. The molecule has 3 N–H and O–H groups in total. The van der Waals surface area contributed by atoms with Crippen molar-refractivity contribution in [3.8, 4) is 11.8 Å². The third kappa shape index (κ3) is 6.76. The quantitative estimate of drug-likeness (QED) is 0.459. The number of carbonyl (C=O) groups is 3. The van der Waals surface area contributed by atoms with Crippen molar-refractivity contribution in [2.45, 2.75) is 25.4 Å². The molecule has 0 saturated carbocycles. The predicted octanol–water partition coefficient (Wildman–Crippen LogP) is 4.52. The molecule has 0 saturated heterocycles. The fraction of sp³-hybridized carbons (Fsp3) is 0.190. The van der Waals surface area contributed by atoms with Gasteiger partial charge in [0.2, 0.25) is 0 Å². The predicted molar refractivity (Wildman–Crippen MR) is 109 cm³/mol. The maximum atomic E-state index is 12.8. The van der Waals surface area contributed by atoms with E-state index in [0.717, 1.165) is 12.1 Å². The van der Waals surface area contributed by atoms with Crippen LogP contribution in [0.3, 0.4) is 0 Å². The Kier molecular flexibility index (Phi) is 7.67. The molecule has 0 heterocycles. The van der Waals surface area contributed by atoms with Crippen molar-refractivity contribution in [3.63, 3.8) is 0 Å². The molecule has 2 rings (SSSR count). The highest BCUT2D eigenvalue weighted by molar-refractivity contribution is 6.44. The number of hydrogen-bond acceptors (Lipinski definition) is 3. The Morgan fingerprint density at radius 2 is 1.68 bits per heavy atom. The SMILES string of the molecule is CC#C[C@H](CC(=O)O)c1ccc(NC(=O)C(=O)Nc2cc(C(F)(F)F)ccc2Cl)cc1. The average molecular weight is 453 g/mol. The highest BCUT2D eigenvalue weighted by Crippen LogP contribution is 2.33. The number of benzene rings is 2. The van der Waals surface area contributed by atoms with Crippen LogP contribution in [0, 0.1) is 11.8 Å². The maximum Gasteiger partial charge on any atom is 0.416 e. The number of anilines is 2. The smallest absolute Gasteiger partial charge is 0.416 e. The summed E-state index contributed by atoms with van der Waals surface area (Å²) in [6.07, 6.45) is -4.85. The van der Waals surface area contributed by atoms with Gasteiger partial charge in [-0.15, -0.1) is 5.92 Å². The van der Waals surface area contributed by atoms with Crippen LogP contribution in [-0.4, -0.2) is 22.9 Å². The van der Waals surface area contributed by atoms with Crippen LogP contribution in [0.15, 0.2) is 42.5 Å². The minimum absolute atomic E-state index is 0.167. The van der Waals surface area contributed by atoms with Crippen LogP contribution in [0.25, 0.3) is 0 Å². The van der Waals surface area contributed by atoms with Gasteiger partial charge in [-0.2, -0.15) is 13.2 Å². The molecule has 10 heteroatoms. The highest BCUT2D eigenvalue weighted by Gasteiger charge is 2.31. The van der Waals surface area contributed by atoms with E-state index in [1.54, 1.807) is 19.1 Å². The zero-order chi connectivity index (χ0) is 23.2. The lowest BCUT2D eigenvalue weighted by Gasteiger charge is -2.12. The molecule has 2 aromatic carbocycles. The number of amides is 2. The topological polar surface area (TPSA) is 95.5 Å². The van der Waals surface area contributed by atoms with E-state index in [1.807, 2.05) is 5.32 Å². The van der Waals surface area contributed by atoms with Gasteiger partial charge in [0.1, 0.15) is 0 Å². The first-order valence-electron chi connectivity index (χ1n) is 8.74. The number of carboxylic acids is 1. The second kappa shape index (κ2) is 10.00. The number of hydrogen-bond donors (Lipinski definition) is 3. The van der Waals surface area contributed by atoms with Gasteiger partial charge in [-0.3, -0.25) is 14.4 Å². The van der Waals surface area contributed by atoms with E-state index in [-0.39, 0.29) is 22.8 Å². The first kappa shape index (κ1) is 23.8. The summed E-state index contributed by atoms with van der Waals surface area (Å²) in [4.78, 5) is 35.1. The monoisotopic (exact) mass is 452 g/mol. The number of carboxylic acid groups (broad SMARTS) is 1. The maximum absolute atomic E-state index is 12.8. The van der Waals surface area contributed by atoms with Gasteiger partial charge in [0.25, 0.3) is 0 Å². The number of carbonyl (C=O) groups excluding carboxylic acids is 2. The fourth-order valence-electron chi connectivity index (χ4n) is 2.56. The molecule has 0 fully saturated rings. The molecule has 6 nitrogen and oxygen atoms in total. The van der Waals surface area contributed by atoms with E-state index in [4.69, 9.17) is 16.7 Å². The normalized spacial score (nSPS) is 11.6. The Bertz CT molecular complexity index is 1060. The van der Waals surface area contributed by atoms with E-state index in [1.165, 1.54) is 12.1 Å². The van der Waals surface area contributed by atoms with Gasteiger partial charge in [0, 0.05) is 5.69 Å². The summed E-state index contributed by atoms with van der Waals surface area (Å²) in [5.41, 5.74) is -0.566. The highest BCUT2D eigenvalue weighted by atomic mass is 35.5. The molecule has 0 aliphatic rings. The summed E-state index contributed by atoms with van der Waals surface area (Å²) in [5.74, 6) is 1.53. The molecule has 162 valence electrons. The molecule has 0 bridgehead atoms. The van der Waals surface area contributed by atoms with Crippen LogP contribution in [-0.2, 0) is 20.6 Å². The Labute approximate surface area is 180 Å². The van der Waals surface area contributed by atoms with Crippen LogP contribution in [0.5, 0.6) is 0 Å². The lowest BCUT2D eigenvalue weighted by atomic mass is 9.96. The molecule has 0 aromatic heterocycles. The number of halogens is 4. The summed E-state index contributed by atoms with van der Waals surface area (Å²) in [6.45, 7) is 1.58. The molecule has 0 radical (unpaired) electrons. The average Bonchev–Trinajstić information content (AvgIpc) is 2.68. The van der Waals surface area contributed by atoms with E-state index in [2.05, 4.69) is 17.2 Å². The second-order valence-corrected chi connectivity index (χ2v) is 6.67. The van der Waals surface area contributed by atoms with Crippen molar-refractivity contribution >= 4 is 40.8 Å². The van der Waals surface area contributed by atoms with Crippen LogP contribution in [0.2, 0.25) is 5.02 Å². The van der Waals surface area contributed by atoms with Crippen molar-refractivity contribution in [2.75, 3.05) is 10.6 Å². The summed E-state index contributed by atoms with van der Waals surface area (Å²) >= 11 is 5.80. The van der Waals surface area contributed by atoms with E-state index >= 15 is 0 Å². The Balaban J connectivity index is 2.09. The van der Waals surface area contributed by atoms with Crippen molar-refractivity contribution in [1.82, 2.24) is 0 Å². The lowest BCUT2D eigenvalue weighted by Crippen LogP contribution is -2.29. The van der Waals surface area contributed by atoms with Crippen LogP contribution in [0.1, 0.15) is 30.4 Å². The van der Waals surface area contributed by atoms with Gasteiger partial charge in [-0.05, 0) is 42.8 Å². The molecule has 0 spiro atoms. The largest absolute Gasteiger partial charge is 0.481 e. The molecule has 31 heavy (non-hydrogen) atoms. The van der Waals surface area contributed by atoms with Gasteiger partial charge < -0.3 is 15.7 Å². The van der Waals surface area contributed by atoms with Crippen LogP contribution >= 0.6 is 11.6 Å². The first-order valence-corrected chi connectivity index (χ1v) is 9.12. The Morgan fingerprint density at radius 1 is 1.06 bits per heavy atom. The molecule has 0 unspecified atom stereocenters. The van der Waals surface area contributed by atoms with Crippen LogP contribution < -0.4 is 10.6 Å². The summed E-state index contributed by atoms with van der Waals surface area (Å²) in [7, 11) is 0. The van der Waals surface area contributed by atoms with Gasteiger partial charge in [0.15, 0.2) is 0 Å². The second-order valence-electron chi connectivity index (χ2n) is 6.27. The molecule has 2 aromatic rings. The Morgan fingerprint density at radius 3 is 2.23 bits per heavy atom. The minimum atomic E-state index is -4.64.